The van der Waals surface area contributed by atoms with Crippen LogP contribution in [0.3, 0.4) is 0 Å². The summed E-state index contributed by atoms with van der Waals surface area (Å²) in [5, 5.41) is 0. The van der Waals surface area contributed by atoms with Crippen LogP contribution in [0.15, 0.2) is 43.0 Å². The molecule has 0 aliphatic heterocycles. The van der Waals surface area contributed by atoms with Crippen molar-refractivity contribution >= 4 is 5.97 Å². The van der Waals surface area contributed by atoms with E-state index in [1.807, 2.05) is 32.0 Å². The van der Waals surface area contributed by atoms with Gasteiger partial charge in [0.15, 0.2) is 0 Å². The van der Waals surface area contributed by atoms with Gasteiger partial charge in [0.2, 0.25) is 0 Å². The first kappa shape index (κ1) is 12.5. The molecule has 0 aliphatic rings. The summed E-state index contributed by atoms with van der Waals surface area (Å²) in [6.07, 6.45) is 2.55. The number of para-hydroxylation sites is 1. The van der Waals surface area contributed by atoms with Crippen molar-refractivity contribution in [2.24, 2.45) is 11.8 Å². The van der Waals surface area contributed by atoms with Crippen molar-refractivity contribution in [1.29, 1.82) is 0 Å². The Hall–Kier alpha value is -1.57. The number of carbonyl (C=O) groups excluding carboxylic acids is 1. The zero-order chi connectivity index (χ0) is 12.0. The number of ether oxygens (including phenoxy) is 1. The van der Waals surface area contributed by atoms with E-state index in [0.717, 1.165) is 6.42 Å². The Kier molecular flexibility index (Phi) is 4.77. The molecule has 0 aromatic heterocycles. The normalized spacial score (nSPS) is 13.9. The average Bonchev–Trinajstić information content (AvgIpc) is 2.31. The van der Waals surface area contributed by atoms with Gasteiger partial charge in [-0.2, -0.15) is 0 Å². The highest BCUT2D eigenvalue weighted by Crippen LogP contribution is 2.20. The number of carbonyl (C=O) groups is 1. The minimum Gasteiger partial charge on any atom is -0.426 e. The Labute approximate surface area is 96.9 Å². The van der Waals surface area contributed by atoms with Crippen LogP contribution in [0.1, 0.15) is 20.3 Å². The summed E-state index contributed by atoms with van der Waals surface area (Å²) in [5.41, 5.74) is 0. The lowest BCUT2D eigenvalue weighted by Gasteiger charge is -2.17. The van der Waals surface area contributed by atoms with Gasteiger partial charge in [-0.25, -0.2) is 0 Å². The quantitative estimate of drug-likeness (QED) is 0.430. The summed E-state index contributed by atoms with van der Waals surface area (Å²) in [5.74, 6) is 0.447. The predicted octanol–water partition coefficient (Wildman–Crippen LogP) is 3.44. The van der Waals surface area contributed by atoms with Crippen molar-refractivity contribution in [2.75, 3.05) is 0 Å². The molecule has 1 aromatic carbocycles. The van der Waals surface area contributed by atoms with Crippen molar-refractivity contribution in [3.8, 4) is 5.75 Å². The van der Waals surface area contributed by atoms with Crippen LogP contribution in [-0.2, 0) is 4.79 Å². The lowest BCUT2D eigenvalue weighted by atomic mass is 9.92. The van der Waals surface area contributed by atoms with E-state index in [4.69, 9.17) is 4.74 Å². The van der Waals surface area contributed by atoms with Gasteiger partial charge in [-0.05, 0) is 24.5 Å². The van der Waals surface area contributed by atoms with Gasteiger partial charge < -0.3 is 4.74 Å². The number of allylic oxidation sites excluding steroid dienone is 1. The van der Waals surface area contributed by atoms with Gasteiger partial charge in [0.05, 0.1) is 5.92 Å². The summed E-state index contributed by atoms with van der Waals surface area (Å²) in [6, 6.07) is 9.15. The van der Waals surface area contributed by atoms with Crippen LogP contribution >= 0.6 is 0 Å². The van der Waals surface area contributed by atoms with Gasteiger partial charge >= 0.3 is 5.97 Å². The van der Waals surface area contributed by atoms with Crippen LogP contribution in [0.5, 0.6) is 5.75 Å². The molecular formula is C14H18O2. The summed E-state index contributed by atoms with van der Waals surface area (Å²) in [7, 11) is 0. The third-order valence-electron chi connectivity index (χ3n) is 2.71. The summed E-state index contributed by atoms with van der Waals surface area (Å²) >= 11 is 0. The van der Waals surface area contributed by atoms with Crippen LogP contribution in [0.2, 0.25) is 0 Å². The van der Waals surface area contributed by atoms with Crippen molar-refractivity contribution < 1.29 is 9.53 Å². The molecule has 2 heteroatoms. The molecule has 1 rings (SSSR count). The SMILES string of the molecule is C=CC(C)C(CC)C(=O)Oc1ccccc1. The molecule has 0 saturated carbocycles. The van der Waals surface area contributed by atoms with Crippen LogP contribution in [0.4, 0.5) is 0 Å². The summed E-state index contributed by atoms with van der Waals surface area (Å²) in [6.45, 7) is 7.67. The topological polar surface area (TPSA) is 26.3 Å². The number of hydrogen-bond donors (Lipinski definition) is 0. The maximum atomic E-state index is 11.9. The van der Waals surface area contributed by atoms with Gasteiger partial charge in [0, 0.05) is 0 Å². The highest BCUT2D eigenvalue weighted by atomic mass is 16.5. The van der Waals surface area contributed by atoms with Crippen molar-refractivity contribution in [3.63, 3.8) is 0 Å². The van der Waals surface area contributed by atoms with Crippen molar-refractivity contribution in [1.82, 2.24) is 0 Å². The first-order chi connectivity index (χ1) is 7.69. The molecule has 16 heavy (non-hydrogen) atoms. The second-order valence-corrected chi connectivity index (χ2v) is 3.84. The molecular weight excluding hydrogens is 200 g/mol. The van der Waals surface area contributed by atoms with Gasteiger partial charge in [-0.3, -0.25) is 4.79 Å². The molecule has 0 bridgehead atoms. The fourth-order valence-electron chi connectivity index (χ4n) is 1.60. The number of benzene rings is 1. The third-order valence-corrected chi connectivity index (χ3v) is 2.71. The summed E-state index contributed by atoms with van der Waals surface area (Å²) in [4.78, 5) is 11.9. The molecule has 0 spiro atoms. The zero-order valence-corrected chi connectivity index (χ0v) is 9.85. The lowest BCUT2D eigenvalue weighted by Crippen LogP contribution is -2.24. The monoisotopic (exact) mass is 218 g/mol. The van der Waals surface area contributed by atoms with Crippen LogP contribution in [0, 0.1) is 11.8 Å². The maximum absolute atomic E-state index is 11.9. The Morgan fingerprint density at radius 1 is 1.44 bits per heavy atom. The number of hydrogen-bond acceptors (Lipinski definition) is 2. The van der Waals surface area contributed by atoms with Crippen LogP contribution in [-0.4, -0.2) is 5.97 Å². The highest BCUT2D eigenvalue weighted by Gasteiger charge is 2.23. The van der Waals surface area contributed by atoms with Crippen LogP contribution in [0.25, 0.3) is 0 Å². The van der Waals surface area contributed by atoms with Gasteiger partial charge in [-0.15, -0.1) is 6.58 Å². The average molecular weight is 218 g/mol. The lowest BCUT2D eigenvalue weighted by molar-refractivity contribution is -0.140. The minimum absolute atomic E-state index is 0.113. The fourth-order valence-corrected chi connectivity index (χ4v) is 1.60. The van der Waals surface area contributed by atoms with E-state index in [1.165, 1.54) is 0 Å². The smallest absolute Gasteiger partial charge is 0.314 e. The Morgan fingerprint density at radius 3 is 2.56 bits per heavy atom. The standard InChI is InChI=1S/C14H18O2/c1-4-11(3)13(5-2)14(15)16-12-9-7-6-8-10-12/h4,6-11,13H,1,5H2,2-3H3. The maximum Gasteiger partial charge on any atom is 0.314 e. The highest BCUT2D eigenvalue weighted by molar-refractivity contribution is 5.75. The van der Waals surface area contributed by atoms with E-state index < -0.39 is 0 Å². The molecule has 2 nitrogen and oxygen atoms in total. The first-order valence-electron chi connectivity index (χ1n) is 5.58. The molecule has 0 heterocycles. The van der Waals surface area contributed by atoms with E-state index in [-0.39, 0.29) is 17.8 Å². The fraction of sp³-hybridized carbons (Fsp3) is 0.357. The van der Waals surface area contributed by atoms with Crippen LogP contribution < -0.4 is 4.74 Å². The molecule has 0 N–H and O–H groups in total. The Balaban J connectivity index is 2.67. The molecule has 0 radical (unpaired) electrons. The number of esters is 1. The second-order valence-electron chi connectivity index (χ2n) is 3.84. The molecule has 0 aliphatic carbocycles. The first-order valence-corrected chi connectivity index (χ1v) is 5.58. The summed E-state index contributed by atoms with van der Waals surface area (Å²) < 4.78 is 5.30. The molecule has 2 unspecified atom stereocenters. The Morgan fingerprint density at radius 2 is 2.06 bits per heavy atom. The molecule has 86 valence electrons. The molecule has 2 atom stereocenters. The Bertz CT molecular complexity index is 343. The largest absolute Gasteiger partial charge is 0.426 e. The molecule has 0 saturated heterocycles. The van der Waals surface area contributed by atoms with Crippen molar-refractivity contribution in [3.05, 3.63) is 43.0 Å². The third kappa shape index (κ3) is 3.23. The number of rotatable bonds is 5. The molecule has 0 amide bonds. The molecule has 0 fully saturated rings. The zero-order valence-electron chi connectivity index (χ0n) is 9.85. The van der Waals surface area contributed by atoms with E-state index in [0.29, 0.717) is 5.75 Å². The van der Waals surface area contributed by atoms with E-state index >= 15 is 0 Å². The van der Waals surface area contributed by atoms with E-state index in [2.05, 4.69) is 6.58 Å². The van der Waals surface area contributed by atoms with Gasteiger partial charge in [-0.1, -0.05) is 38.1 Å². The van der Waals surface area contributed by atoms with Crippen molar-refractivity contribution in [2.45, 2.75) is 20.3 Å². The minimum atomic E-state index is -0.180. The molecule has 1 aromatic rings. The second kappa shape index (κ2) is 6.11. The van der Waals surface area contributed by atoms with E-state index in [1.54, 1.807) is 18.2 Å². The predicted molar refractivity (Wildman–Crippen MR) is 65.2 cm³/mol. The van der Waals surface area contributed by atoms with Gasteiger partial charge in [0.1, 0.15) is 5.75 Å². The van der Waals surface area contributed by atoms with E-state index in [9.17, 15) is 4.79 Å². The van der Waals surface area contributed by atoms with Gasteiger partial charge in [0.25, 0.3) is 0 Å².